The summed E-state index contributed by atoms with van der Waals surface area (Å²) in [6.07, 6.45) is 3.58. The van der Waals surface area contributed by atoms with E-state index in [1.165, 1.54) is 0 Å². The van der Waals surface area contributed by atoms with Crippen molar-refractivity contribution in [1.29, 1.82) is 0 Å². The van der Waals surface area contributed by atoms with E-state index in [4.69, 9.17) is 9.90 Å². The van der Waals surface area contributed by atoms with Crippen LogP contribution in [0.1, 0.15) is 32.4 Å². The van der Waals surface area contributed by atoms with E-state index in [1.807, 2.05) is 29.2 Å². The number of hydrogen-bond donors (Lipinski definition) is 2. The number of rotatable bonds is 2. The van der Waals surface area contributed by atoms with Crippen molar-refractivity contribution in [2.24, 2.45) is 5.92 Å². The highest BCUT2D eigenvalue weighted by Gasteiger charge is 2.38. The Kier molecular flexibility index (Phi) is 6.11. The fourth-order valence-corrected chi connectivity index (χ4v) is 3.26. The molecular formula is C19H23N3O3. The molecule has 6 nitrogen and oxygen atoms in total. The first kappa shape index (κ1) is 18.4. The van der Waals surface area contributed by atoms with Crippen LogP contribution < -0.4 is 10.2 Å². The minimum Gasteiger partial charge on any atom is -0.483 e. The third kappa shape index (κ3) is 3.96. The molecule has 6 heteroatoms. The summed E-state index contributed by atoms with van der Waals surface area (Å²) in [5, 5.41) is 10.5. The first-order chi connectivity index (χ1) is 12.0. The summed E-state index contributed by atoms with van der Waals surface area (Å²) in [4.78, 5) is 26.5. The van der Waals surface area contributed by atoms with Gasteiger partial charge in [-0.3, -0.25) is 14.6 Å². The number of para-hydroxylation sites is 1. The summed E-state index contributed by atoms with van der Waals surface area (Å²) < 4.78 is 0. The number of carbonyl (C=O) groups excluding carboxylic acids is 1. The molecule has 132 valence electrons. The predicted octanol–water partition coefficient (Wildman–Crippen LogP) is 3.33. The summed E-state index contributed by atoms with van der Waals surface area (Å²) in [7, 11) is 0. The second kappa shape index (κ2) is 8.28. The van der Waals surface area contributed by atoms with Crippen LogP contribution in [0.4, 0.5) is 11.4 Å². The average molecular weight is 341 g/mol. The van der Waals surface area contributed by atoms with Crippen LogP contribution in [0.3, 0.4) is 0 Å². The van der Waals surface area contributed by atoms with Gasteiger partial charge in [-0.2, -0.15) is 0 Å². The van der Waals surface area contributed by atoms with Crippen LogP contribution in [-0.4, -0.2) is 28.5 Å². The molecule has 0 bridgehead atoms. The Bertz CT molecular complexity index is 721. The second-order valence-electron chi connectivity index (χ2n) is 6.02. The van der Waals surface area contributed by atoms with Crippen LogP contribution in [0.25, 0.3) is 0 Å². The molecule has 3 atom stereocenters. The zero-order valence-electron chi connectivity index (χ0n) is 14.6. The quantitative estimate of drug-likeness (QED) is 0.819. The predicted molar refractivity (Wildman–Crippen MR) is 97.5 cm³/mol. The van der Waals surface area contributed by atoms with Gasteiger partial charge in [-0.1, -0.05) is 25.1 Å². The Morgan fingerprint density at radius 3 is 2.48 bits per heavy atom. The fourth-order valence-electron chi connectivity index (χ4n) is 3.26. The molecule has 2 N–H and O–H groups in total. The SMILES string of the molecule is CC(=O)N1c2cnccc2[C@H](Nc2ccccc2)[C@@H](C)[C@@H]1C.O=CO. The number of carboxylic acid groups (broad SMARTS) is 1. The monoisotopic (exact) mass is 341 g/mol. The summed E-state index contributed by atoms with van der Waals surface area (Å²) in [6, 6.07) is 12.5. The van der Waals surface area contributed by atoms with Crippen molar-refractivity contribution in [3.63, 3.8) is 0 Å². The van der Waals surface area contributed by atoms with E-state index in [1.54, 1.807) is 19.3 Å². The van der Waals surface area contributed by atoms with Gasteiger partial charge in [0, 0.05) is 36.3 Å². The molecule has 0 spiro atoms. The van der Waals surface area contributed by atoms with Crippen LogP contribution >= 0.6 is 0 Å². The van der Waals surface area contributed by atoms with Gasteiger partial charge in [0.25, 0.3) is 6.47 Å². The first-order valence-corrected chi connectivity index (χ1v) is 8.14. The van der Waals surface area contributed by atoms with Crippen LogP contribution in [0.5, 0.6) is 0 Å². The Labute approximate surface area is 147 Å². The average Bonchev–Trinajstić information content (AvgIpc) is 2.60. The Morgan fingerprint density at radius 1 is 1.24 bits per heavy atom. The molecule has 0 saturated heterocycles. The van der Waals surface area contributed by atoms with Gasteiger partial charge in [0.15, 0.2) is 0 Å². The molecule has 1 aliphatic rings. The Balaban J connectivity index is 0.000000701. The third-order valence-electron chi connectivity index (χ3n) is 4.56. The number of benzene rings is 1. The van der Waals surface area contributed by atoms with Crippen molar-refractivity contribution in [3.8, 4) is 0 Å². The smallest absolute Gasteiger partial charge is 0.290 e. The van der Waals surface area contributed by atoms with Crippen LogP contribution in [0.2, 0.25) is 0 Å². The van der Waals surface area contributed by atoms with Gasteiger partial charge in [-0.05, 0) is 25.1 Å². The molecule has 0 unspecified atom stereocenters. The minimum atomic E-state index is -0.250. The van der Waals surface area contributed by atoms with E-state index in [2.05, 4.69) is 36.3 Å². The van der Waals surface area contributed by atoms with Crippen molar-refractivity contribution in [3.05, 3.63) is 54.4 Å². The molecule has 0 radical (unpaired) electrons. The summed E-state index contributed by atoms with van der Waals surface area (Å²) in [5.74, 6) is 0.353. The fraction of sp³-hybridized carbons (Fsp3) is 0.316. The third-order valence-corrected chi connectivity index (χ3v) is 4.56. The summed E-state index contributed by atoms with van der Waals surface area (Å²) >= 11 is 0. The van der Waals surface area contributed by atoms with Gasteiger partial charge in [0.2, 0.25) is 5.91 Å². The molecule has 1 amide bonds. The lowest BCUT2D eigenvalue weighted by atomic mass is 9.83. The Hall–Kier alpha value is -2.89. The number of fused-ring (bicyclic) bond motifs is 1. The number of hydrogen-bond acceptors (Lipinski definition) is 4. The first-order valence-electron chi connectivity index (χ1n) is 8.14. The van der Waals surface area contributed by atoms with Gasteiger partial charge in [-0.25, -0.2) is 0 Å². The number of nitrogens with zero attached hydrogens (tertiary/aromatic N) is 2. The van der Waals surface area contributed by atoms with Gasteiger partial charge >= 0.3 is 0 Å². The van der Waals surface area contributed by atoms with Gasteiger partial charge in [0.05, 0.1) is 17.9 Å². The van der Waals surface area contributed by atoms with Gasteiger partial charge in [-0.15, -0.1) is 0 Å². The highest BCUT2D eigenvalue weighted by atomic mass is 16.3. The van der Waals surface area contributed by atoms with Crippen molar-refractivity contribution < 1.29 is 14.7 Å². The highest BCUT2D eigenvalue weighted by Crippen LogP contribution is 2.41. The van der Waals surface area contributed by atoms with Gasteiger partial charge in [0.1, 0.15) is 0 Å². The second-order valence-corrected chi connectivity index (χ2v) is 6.02. The molecule has 3 rings (SSSR count). The van der Waals surface area contributed by atoms with Crippen LogP contribution in [0.15, 0.2) is 48.8 Å². The topological polar surface area (TPSA) is 82.5 Å². The number of anilines is 2. The maximum Gasteiger partial charge on any atom is 0.290 e. The molecule has 25 heavy (non-hydrogen) atoms. The Morgan fingerprint density at radius 2 is 1.88 bits per heavy atom. The lowest BCUT2D eigenvalue weighted by molar-refractivity contribution is -0.123. The lowest BCUT2D eigenvalue weighted by Gasteiger charge is -2.43. The number of carbonyl (C=O) groups is 2. The molecule has 0 aliphatic carbocycles. The van der Waals surface area contributed by atoms with E-state index < -0.39 is 0 Å². The van der Waals surface area contributed by atoms with E-state index >= 15 is 0 Å². The minimum absolute atomic E-state index is 0.0618. The standard InChI is InChI=1S/C18H21N3O.CH2O2/c1-12-13(2)21(14(3)22)17-11-19-10-9-16(17)18(12)20-15-7-5-4-6-8-15;2-1-3/h4-13,18,20H,1-3H3;1H,(H,2,3)/t12-,13-,18+;/m0./s1. The zero-order chi connectivity index (χ0) is 18.4. The molecule has 1 aliphatic heterocycles. The van der Waals surface area contributed by atoms with Crippen molar-refractivity contribution >= 4 is 23.8 Å². The van der Waals surface area contributed by atoms with Crippen LogP contribution in [-0.2, 0) is 9.59 Å². The normalized spacial score (nSPS) is 21.4. The zero-order valence-corrected chi connectivity index (χ0v) is 14.6. The van der Waals surface area contributed by atoms with Gasteiger partial charge < -0.3 is 15.3 Å². The lowest BCUT2D eigenvalue weighted by Crippen LogP contribution is -2.48. The largest absolute Gasteiger partial charge is 0.483 e. The van der Waals surface area contributed by atoms with E-state index in [0.29, 0.717) is 5.92 Å². The van der Waals surface area contributed by atoms with E-state index in [9.17, 15) is 4.79 Å². The number of nitrogens with one attached hydrogen (secondary N) is 1. The molecule has 1 aromatic carbocycles. The molecule has 0 saturated carbocycles. The highest BCUT2D eigenvalue weighted by molar-refractivity contribution is 5.93. The van der Waals surface area contributed by atoms with Crippen molar-refractivity contribution in [1.82, 2.24) is 4.98 Å². The molecule has 0 fully saturated rings. The summed E-state index contributed by atoms with van der Waals surface area (Å²) in [5.41, 5.74) is 3.12. The molecule has 1 aromatic heterocycles. The molecule has 2 aromatic rings. The number of amides is 1. The maximum absolute atomic E-state index is 12.1. The van der Waals surface area contributed by atoms with Crippen molar-refractivity contribution in [2.75, 3.05) is 10.2 Å². The summed E-state index contributed by atoms with van der Waals surface area (Å²) in [6.45, 7) is 5.65. The number of aromatic nitrogens is 1. The molecule has 2 heterocycles. The maximum atomic E-state index is 12.1. The van der Waals surface area contributed by atoms with Crippen LogP contribution in [0, 0.1) is 5.92 Å². The number of pyridine rings is 1. The molecular weight excluding hydrogens is 318 g/mol. The van der Waals surface area contributed by atoms with E-state index in [0.717, 1.165) is 16.9 Å². The van der Waals surface area contributed by atoms with E-state index in [-0.39, 0.29) is 24.5 Å². The van der Waals surface area contributed by atoms with Crippen molar-refractivity contribution in [2.45, 2.75) is 32.9 Å².